The van der Waals surface area contributed by atoms with E-state index in [1.54, 1.807) is 7.11 Å². The summed E-state index contributed by atoms with van der Waals surface area (Å²) in [6.45, 7) is 0. The Bertz CT molecular complexity index is 418. The van der Waals surface area contributed by atoms with Crippen molar-refractivity contribution < 1.29 is 9.47 Å². The van der Waals surface area contributed by atoms with Gasteiger partial charge in [-0.15, -0.1) is 0 Å². The highest BCUT2D eigenvalue weighted by Gasteiger charge is 2.59. The minimum atomic E-state index is -0.0888. The number of methoxy groups -OCH3 is 1. The lowest BCUT2D eigenvalue weighted by atomic mass is 9.83. The number of epoxide rings is 1. The number of ether oxygens (including phenoxy) is 2. The average molecular weight is 239 g/mol. The van der Waals surface area contributed by atoms with E-state index >= 15 is 0 Å². The molecule has 0 N–H and O–H groups in total. The van der Waals surface area contributed by atoms with Crippen molar-refractivity contribution >= 4 is 11.6 Å². The fourth-order valence-electron chi connectivity index (χ4n) is 2.83. The van der Waals surface area contributed by atoms with Gasteiger partial charge in [-0.3, -0.25) is 0 Å². The Morgan fingerprint density at radius 1 is 1.44 bits per heavy atom. The molecule has 1 saturated carbocycles. The minimum Gasteiger partial charge on any atom is -0.496 e. The van der Waals surface area contributed by atoms with Crippen LogP contribution < -0.4 is 4.74 Å². The Morgan fingerprint density at radius 2 is 2.31 bits per heavy atom. The van der Waals surface area contributed by atoms with Gasteiger partial charge in [0.25, 0.3) is 0 Å². The zero-order chi connectivity index (χ0) is 11.2. The van der Waals surface area contributed by atoms with E-state index in [4.69, 9.17) is 21.1 Å². The first-order valence-corrected chi connectivity index (χ1v) is 6.16. The first-order valence-electron chi connectivity index (χ1n) is 5.78. The van der Waals surface area contributed by atoms with Crippen molar-refractivity contribution in [3.05, 3.63) is 28.8 Å². The molecular weight excluding hydrogens is 224 g/mol. The number of hydrogen-bond donors (Lipinski definition) is 0. The quantitative estimate of drug-likeness (QED) is 0.736. The van der Waals surface area contributed by atoms with E-state index in [1.807, 2.05) is 18.2 Å². The molecule has 86 valence electrons. The van der Waals surface area contributed by atoms with Crippen molar-refractivity contribution in [3.8, 4) is 5.75 Å². The third kappa shape index (κ3) is 1.44. The molecule has 0 aromatic heterocycles. The van der Waals surface area contributed by atoms with Crippen LogP contribution in [-0.4, -0.2) is 13.2 Å². The van der Waals surface area contributed by atoms with Crippen molar-refractivity contribution in [2.75, 3.05) is 7.11 Å². The summed E-state index contributed by atoms with van der Waals surface area (Å²) in [5.41, 5.74) is 1.04. The summed E-state index contributed by atoms with van der Waals surface area (Å²) < 4.78 is 11.3. The highest BCUT2D eigenvalue weighted by atomic mass is 35.5. The molecule has 16 heavy (non-hydrogen) atoms. The maximum Gasteiger partial charge on any atom is 0.125 e. The molecule has 0 radical (unpaired) electrons. The Morgan fingerprint density at radius 3 is 3.06 bits per heavy atom. The van der Waals surface area contributed by atoms with Gasteiger partial charge in [0.05, 0.1) is 13.2 Å². The van der Waals surface area contributed by atoms with Crippen LogP contribution in [0.25, 0.3) is 0 Å². The van der Waals surface area contributed by atoms with Crippen LogP contribution in [0, 0.1) is 0 Å². The molecule has 2 atom stereocenters. The molecule has 2 nitrogen and oxygen atoms in total. The molecule has 1 aromatic rings. The van der Waals surface area contributed by atoms with Crippen LogP contribution in [0.15, 0.2) is 18.2 Å². The number of rotatable bonds is 2. The molecule has 1 saturated heterocycles. The third-order valence-electron chi connectivity index (χ3n) is 3.70. The molecule has 2 fully saturated rings. The van der Waals surface area contributed by atoms with Crippen LogP contribution in [0.4, 0.5) is 0 Å². The summed E-state index contributed by atoms with van der Waals surface area (Å²) in [4.78, 5) is 0. The van der Waals surface area contributed by atoms with Crippen LogP contribution in [0.1, 0.15) is 31.2 Å². The molecule has 3 heteroatoms. The summed E-state index contributed by atoms with van der Waals surface area (Å²) in [5, 5.41) is 0.755. The second-order valence-corrected chi connectivity index (χ2v) is 5.02. The molecule has 3 rings (SSSR count). The van der Waals surface area contributed by atoms with E-state index in [1.165, 1.54) is 12.8 Å². The van der Waals surface area contributed by atoms with Crippen molar-refractivity contribution in [1.29, 1.82) is 0 Å². The first kappa shape index (κ1) is 10.4. The highest BCUT2D eigenvalue weighted by Crippen LogP contribution is 2.57. The summed E-state index contributed by atoms with van der Waals surface area (Å²) in [6.07, 6.45) is 5.14. The summed E-state index contributed by atoms with van der Waals surface area (Å²) >= 11 is 6.06. The van der Waals surface area contributed by atoms with Crippen molar-refractivity contribution in [3.63, 3.8) is 0 Å². The second kappa shape index (κ2) is 3.64. The van der Waals surface area contributed by atoms with Crippen LogP contribution in [0.2, 0.25) is 5.02 Å². The van der Waals surface area contributed by atoms with Gasteiger partial charge in [0, 0.05) is 10.6 Å². The number of benzene rings is 1. The number of halogens is 1. The Kier molecular flexibility index (Phi) is 2.37. The maximum atomic E-state index is 6.06. The van der Waals surface area contributed by atoms with E-state index in [9.17, 15) is 0 Å². The van der Waals surface area contributed by atoms with Crippen LogP contribution in [0.3, 0.4) is 0 Å². The number of hydrogen-bond acceptors (Lipinski definition) is 2. The molecule has 0 amide bonds. The number of fused-ring (bicyclic) bond motifs is 1. The Hall–Kier alpha value is -0.730. The molecule has 0 unspecified atom stereocenters. The van der Waals surface area contributed by atoms with Gasteiger partial charge in [0.15, 0.2) is 0 Å². The van der Waals surface area contributed by atoms with Gasteiger partial charge >= 0.3 is 0 Å². The van der Waals surface area contributed by atoms with E-state index in [0.717, 1.165) is 29.2 Å². The lowest BCUT2D eigenvalue weighted by molar-refractivity contribution is 0.280. The molecule has 1 aliphatic carbocycles. The van der Waals surface area contributed by atoms with Crippen LogP contribution in [-0.2, 0) is 10.3 Å². The van der Waals surface area contributed by atoms with Crippen molar-refractivity contribution in [2.45, 2.75) is 37.4 Å². The Balaban J connectivity index is 2.02. The van der Waals surface area contributed by atoms with Crippen LogP contribution >= 0.6 is 11.6 Å². The normalized spacial score (nSPS) is 32.0. The zero-order valence-corrected chi connectivity index (χ0v) is 10.1. The second-order valence-electron chi connectivity index (χ2n) is 4.59. The highest BCUT2D eigenvalue weighted by molar-refractivity contribution is 6.30. The summed E-state index contributed by atoms with van der Waals surface area (Å²) in [7, 11) is 1.70. The van der Waals surface area contributed by atoms with E-state index in [2.05, 4.69) is 0 Å². The summed E-state index contributed by atoms with van der Waals surface area (Å²) in [6, 6.07) is 5.78. The molecule has 2 aliphatic rings. The van der Waals surface area contributed by atoms with Crippen molar-refractivity contribution in [2.24, 2.45) is 0 Å². The average Bonchev–Trinajstić information content (AvgIpc) is 3.04. The van der Waals surface area contributed by atoms with Crippen molar-refractivity contribution in [1.82, 2.24) is 0 Å². The van der Waals surface area contributed by atoms with Gasteiger partial charge < -0.3 is 9.47 Å². The predicted octanol–water partition coefficient (Wildman–Crippen LogP) is 3.52. The maximum absolute atomic E-state index is 6.06. The third-order valence-corrected chi connectivity index (χ3v) is 3.93. The fraction of sp³-hybridized carbons (Fsp3) is 0.538. The van der Waals surface area contributed by atoms with Gasteiger partial charge in [-0.05, 0) is 31.0 Å². The lowest BCUT2D eigenvalue weighted by Crippen LogP contribution is -2.18. The van der Waals surface area contributed by atoms with E-state index in [-0.39, 0.29) is 5.60 Å². The van der Waals surface area contributed by atoms with Crippen LogP contribution in [0.5, 0.6) is 5.75 Å². The fourth-order valence-corrected chi connectivity index (χ4v) is 3.00. The molecule has 0 bridgehead atoms. The first-order chi connectivity index (χ1) is 7.76. The lowest BCUT2D eigenvalue weighted by Gasteiger charge is -2.20. The Labute approximate surface area is 101 Å². The van der Waals surface area contributed by atoms with E-state index < -0.39 is 0 Å². The van der Waals surface area contributed by atoms with Gasteiger partial charge in [-0.25, -0.2) is 0 Å². The largest absolute Gasteiger partial charge is 0.496 e. The zero-order valence-electron chi connectivity index (χ0n) is 9.33. The smallest absolute Gasteiger partial charge is 0.125 e. The van der Waals surface area contributed by atoms with Gasteiger partial charge in [-0.1, -0.05) is 24.4 Å². The molecule has 0 spiro atoms. The van der Waals surface area contributed by atoms with E-state index in [0.29, 0.717) is 6.10 Å². The SMILES string of the molecule is COc1ccc(Cl)cc1[C@@]12CCCC[C@H]1O2. The van der Waals surface area contributed by atoms with Gasteiger partial charge in [-0.2, -0.15) is 0 Å². The molecule has 1 heterocycles. The molecule has 1 aromatic carbocycles. The monoisotopic (exact) mass is 238 g/mol. The summed E-state index contributed by atoms with van der Waals surface area (Å²) in [5.74, 6) is 0.897. The topological polar surface area (TPSA) is 21.8 Å². The molecular formula is C13H15ClO2. The minimum absolute atomic E-state index is 0.0888. The molecule has 1 aliphatic heterocycles. The van der Waals surface area contributed by atoms with Gasteiger partial charge in [0.2, 0.25) is 0 Å². The van der Waals surface area contributed by atoms with Gasteiger partial charge in [0.1, 0.15) is 11.4 Å². The predicted molar refractivity (Wildman–Crippen MR) is 63.0 cm³/mol. The standard InChI is InChI=1S/C13H15ClO2/c1-15-11-6-5-9(14)8-10(11)13-7-3-2-4-12(13)16-13/h5-6,8,12H,2-4,7H2,1H3/t12-,13+/m1/s1.